The normalized spacial score (nSPS) is 13.5. The summed E-state index contributed by atoms with van der Waals surface area (Å²) >= 11 is 0. The minimum atomic E-state index is 0.764. The van der Waals surface area contributed by atoms with Gasteiger partial charge in [-0.25, -0.2) is 9.97 Å². The Kier molecular flexibility index (Phi) is 3.11. The third kappa shape index (κ3) is 2.20. The zero-order valence-corrected chi connectivity index (χ0v) is 18.8. The summed E-state index contributed by atoms with van der Waals surface area (Å²) in [6, 6.07) is 24.6. The molecule has 4 nitrogen and oxygen atoms in total. The Morgan fingerprint density at radius 1 is 0.600 bits per heavy atom. The van der Waals surface area contributed by atoms with E-state index in [9.17, 15) is 0 Å². The summed E-state index contributed by atoms with van der Waals surface area (Å²) in [5.74, 6) is 0. The van der Waals surface area contributed by atoms with Crippen molar-refractivity contribution in [3.8, 4) is 22.3 Å². The molecule has 0 aliphatic heterocycles. The Hall–Kier alpha value is -4.57. The molecule has 0 saturated carbocycles. The zero-order valence-electron chi connectivity index (χ0n) is 18.8. The molecular formula is C31H18N4. The molecule has 4 heterocycles. The number of aromatic nitrogens is 4. The SMILES string of the molecule is c1ccc2c(c1)Cc1cc3c(cc1-2)-c1cc2c(cc1C3)c1ccncc1n1c3cccnc3nc21. The molecule has 0 fully saturated rings. The molecule has 9 rings (SSSR count). The average Bonchev–Trinajstić information content (AvgIpc) is 3.57. The van der Waals surface area contributed by atoms with Gasteiger partial charge in [-0.05, 0) is 99.1 Å². The first-order valence-corrected chi connectivity index (χ1v) is 12.0. The molecule has 0 saturated heterocycles. The second-order valence-electron chi connectivity index (χ2n) is 9.74. The highest BCUT2D eigenvalue weighted by Gasteiger charge is 2.26. The Labute approximate surface area is 200 Å². The van der Waals surface area contributed by atoms with E-state index < -0.39 is 0 Å². The highest BCUT2D eigenvalue weighted by molar-refractivity contribution is 6.15. The number of nitrogens with zero attached hydrogens (tertiary/aromatic N) is 4. The van der Waals surface area contributed by atoms with Crippen LogP contribution in [0.4, 0.5) is 0 Å². The number of hydrogen-bond donors (Lipinski definition) is 0. The zero-order chi connectivity index (χ0) is 22.7. The van der Waals surface area contributed by atoms with Gasteiger partial charge in [-0.1, -0.05) is 30.3 Å². The van der Waals surface area contributed by atoms with Crippen LogP contribution in [0.5, 0.6) is 0 Å². The Bertz CT molecular complexity index is 2070. The Morgan fingerprint density at radius 2 is 1.43 bits per heavy atom. The van der Waals surface area contributed by atoms with Gasteiger partial charge in [-0.3, -0.25) is 9.38 Å². The summed E-state index contributed by atoms with van der Waals surface area (Å²) in [6.45, 7) is 0. The number of fused-ring (bicyclic) bond motifs is 14. The van der Waals surface area contributed by atoms with Crippen LogP contribution >= 0.6 is 0 Å². The summed E-state index contributed by atoms with van der Waals surface area (Å²) in [4.78, 5) is 14.0. The summed E-state index contributed by atoms with van der Waals surface area (Å²) < 4.78 is 2.22. The number of rotatable bonds is 0. The summed E-state index contributed by atoms with van der Waals surface area (Å²) in [5, 5.41) is 3.59. The molecule has 2 aliphatic rings. The summed E-state index contributed by atoms with van der Waals surface area (Å²) in [6.07, 6.45) is 7.64. The van der Waals surface area contributed by atoms with E-state index >= 15 is 0 Å². The quantitative estimate of drug-likeness (QED) is 0.243. The maximum Gasteiger partial charge on any atom is 0.178 e. The smallest absolute Gasteiger partial charge is 0.178 e. The van der Waals surface area contributed by atoms with Crippen LogP contribution < -0.4 is 0 Å². The second-order valence-corrected chi connectivity index (χ2v) is 9.74. The van der Waals surface area contributed by atoms with Crippen molar-refractivity contribution in [3.63, 3.8) is 0 Å². The maximum atomic E-state index is 4.99. The molecule has 2 aliphatic carbocycles. The molecule has 4 aromatic heterocycles. The van der Waals surface area contributed by atoms with Crippen molar-refractivity contribution in [2.75, 3.05) is 0 Å². The second kappa shape index (κ2) is 6.10. The van der Waals surface area contributed by atoms with E-state index in [-0.39, 0.29) is 0 Å². The van der Waals surface area contributed by atoms with Crippen molar-refractivity contribution in [2.24, 2.45) is 0 Å². The first-order chi connectivity index (χ1) is 17.3. The van der Waals surface area contributed by atoms with Gasteiger partial charge in [0.05, 0.1) is 17.2 Å². The van der Waals surface area contributed by atoms with E-state index in [0.29, 0.717) is 0 Å². The summed E-state index contributed by atoms with van der Waals surface area (Å²) in [5.41, 5.74) is 14.9. The van der Waals surface area contributed by atoms with E-state index in [4.69, 9.17) is 4.98 Å². The lowest BCUT2D eigenvalue weighted by atomic mass is 9.96. The first kappa shape index (κ1) is 17.8. The van der Waals surface area contributed by atoms with Crippen LogP contribution in [-0.4, -0.2) is 19.4 Å². The lowest BCUT2D eigenvalue weighted by Crippen LogP contribution is -1.93. The van der Waals surface area contributed by atoms with Crippen LogP contribution in [0, 0.1) is 0 Å². The van der Waals surface area contributed by atoms with Gasteiger partial charge in [-0.2, -0.15) is 0 Å². The molecule has 35 heavy (non-hydrogen) atoms. The number of benzene rings is 3. The van der Waals surface area contributed by atoms with E-state index in [0.717, 1.165) is 40.6 Å². The number of imidazole rings is 1. The maximum absolute atomic E-state index is 4.99. The van der Waals surface area contributed by atoms with Gasteiger partial charge in [0.25, 0.3) is 0 Å². The molecule has 3 aromatic carbocycles. The monoisotopic (exact) mass is 446 g/mol. The van der Waals surface area contributed by atoms with Gasteiger partial charge in [0.15, 0.2) is 5.65 Å². The minimum Gasteiger partial charge on any atom is -0.288 e. The van der Waals surface area contributed by atoms with Crippen LogP contribution in [0.25, 0.3) is 60.7 Å². The van der Waals surface area contributed by atoms with Crippen LogP contribution in [0.3, 0.4) is 0 Å². The van der Waals surface area contributed by atoms with Crippen molar-refractivity contribution < 1.29 is 0 Å². The predicted molar refractivity (Wildman–Crippen MR) is 140 cm³/mol. The standard InChI is InChI=1S/C31H18N4/c1-2-5-21-17(4-1)10-18-11-19-12-20-13-26-22-7-9-32-16-29(22)35-28-6-3-8-33-30(28)34-31(35)27(26)15-25(20)24(19)14-23(18)21/h1-9,11,13-16H,10,12H2. The van der Waals surface area contributed by atoms with Gasteiger partial charge in [0, 0.05) is 23.2 Å². The van der Waals surface area contributed by atoms with E-state index in [1.54, 1.807) is 0 Å². The third-order valence-corrected chi connectivity index (χ3v) is 7.93. The molecule has 0 unspecified atom stereocenters. The topological polar surface area (TPSA) is 43.1 Å². The highest BCUT2D eigenvalue weighted by Crippen LogP contribution is 2.46. The molecule has 0 bridgehead atoms. The van der Waals surface area contributed by atoms with Gasteiger partial charge in [0.2, 0.25) is 0 Å². The molecule has 0 atom stereocenters. The lowest BCUT2D eigenvalue weighted by Gasteiger charge is -2.11. The first-order valence-electron chi connectivity index (χ1n) is 12.0. The van der Waals surface area contributed by atoms with Crippen LogP contribution in [0.2, 0.25) is 0 Å². The molecule has 0 radical (unpaired) electrons. The molecule has 0 N–H and O–H groups in total. The number of pyridine rings is 3. The minimum absolute atomic E-state index is 0.764. The van der Waals surface area contributed by atoms with Crippen LogP contribution in [0.15, 0.2) is 85.3 Å². The third-order valence-electron chi connectivity index (χ3n) is 7.93. The fourth-order valence-corrected chi connectivity index (χ4v) is 6.42. The van der Waals surface area contributed by atoms with Gasteiger partial charge >= 0.3 is 0 Å². The molecule has 0 spiro atoms. The lowest BCUT2D eigenvalue weighted by molar-refractivity contribution is 1.21. The van der Waals surface area contributed by atoms with Crippen molar-refractivity contribution in [2.45, 2.75) is 12.8 Å². The molecule has 0 amide bonds. The largest absolute Gasteiger partial charge is 0.288 e. The van der Waals surface area contributed by atoms with Crippen molar-refractivity contribution in [3.05, 3.63) is 108 Å². The number of hydrogen-bond acceptors (Lipinski definition) is 3. The Balaban J connectivity index is 1.40. The molecular weight excluding hydrogens is 428 g/mol. The summed E-state index contributed by atoms with van der Waals surface area (Å²) in [7, 11) is 0. The molecule has 162 valence electrons. The van der Waals surface area contributed by atoms with Crippen LogP contribution in [0.1, 0.15) is 22.3 Å². The van der Waals surface area contributed by atoms with Crippen molar-refractivity contribution >= 4 is 38.5 Å². The average molecular weight is 447 g/mol. The van der Waals surface area contributed by atoms with Crippen LogP contribution in [-0.2, 0) is 12.8 Å². The predicted octanol–water partition coefficient (Wildman–Crippen LogP) is 6.73. The fourth-order valence-electron chi connectivity index (χ4n) is 6.42. The fraction of sp³-hybridized carbons (Fsp3) is 0.0645. The molecule has 7 aromatic rings. The van der Waals surface area contributed by atoms with E-state index in [2.05, 4.69) is 75.0 Å². The van der Waals surface area contributed by atoms with E-state index in [1.165, 1.54) is 55.3 Å². The molecule has 4 heteroatoms. The van der Waals surface area contributed by atoms with E-state index in [1.807, 2.05) is 24.7 Å². The van der Waals surface area contributed by atoms with Gasteiger partial charge < -0.3 is 0 Å². The Morgan fingerprint density at radius 3 is 2.40 bits per heavy atom. The van der Waals surface area contributed by atoms with Crippen molar-refractivity contribution in [1.82, 2.24) is 19.4 Å². The highest BCUT2D eigenvalue weighted by atomic mass is 15.1. The van der Waals surface area contributed by atoms with Gasteiger partial charge in [0.1, 0.15) is 5.65 Å². The van der Waals surface area contributed by atoms with Gasteiger partial charge in [-0.15, -0.1) is 0 Å². The van der Waals surface area contributed by atoms with Crippen molar-refractivity contribution in [1.29, 1.82) is 0 Å².